The predicted octanol–water partition coefficient (Wildman–Crippen LogP) is 3.45. The molecule has 2 rings (SSSR count). The van der Waals surface area contributed by atoms with Crippen molar-refractivity contribution in [2.24, 2.45) is 0 Å². The van der Waals surface area contributed by atoms with Crippen LogP contribution >= 0.6 is 15.9 Å². The van der Waals surface area contributed by atoms with E-state index >= 15 is 0 Å². The van der Waals surface area contributed by atoms with Crippen LogP contribution < -0.4 is 0 Å². The van der Waals surface area contributed by atoms with Gasteiger partial charge in [-0.15, -0.1) is 0 Å². The molecule has 0 radical (unpaired) electrons. The Kier molecular flexibility index (Phi) is 4.19. The molecule has 0 amide bonds. The van der Waals surface area contributed by atoms with Crippen LogP contribution in [0.1, 0.15) is 36.1 Å². The van der Waals surface area contributed by atoms with E-state index in [1.165, 1.54) is 0 Å². The number of hydrogen-bond donors (Lipinski definition) is 1. The lowest BCUT2D eigenvalue weighted by molar-refractivity contribution is 0.219. The Labute approximate surface area is 116 Å². The first-order valence-electron chi connectivity index (χ1n) is 6.08. The number of nitrogens with zero attached hydrogens (tertiary/aromatic N) is 2. The van der Waals surface area contributed by atoms with Gasteiger partial charge < -0.3 is 5.11 Å². The molecule has 1 N–H and O–H groups in total. The summed E-state index contributed by atoms with van der Waals surface area (Å²) in [5.41, 5.74) is 2.84. The largest absolute Gasteiger partial charge is 0.383 e. The van der Waals surface area contributed by atoms with Gasteiger partial charge >= 0.3 is 0 Å². The van der Waals surface area contributed by atoms with E-state index in [0.717, 1.165) is 34.1 Å². The second-order valence-electron chi connectivity index (χ2n) is 4.46. The molecule has 0 saturated heterocycles. The van der Waals surface area contributed by atoms with Crippen LogP contribution in [0.15, 0.2) is 35.1 Å². The maximum Gasteiger partial charge on any atom is 0.108 e. The Morgan fingerprint density at radius 3 is 2.94 bits per heavy atom. The van der Waals surface area contributed by atoms with Crippen LogP contribution in [0, 0.1) is 6.92 Å². The Bertz CT molecular complexity index is 536. The second-order valence-corrected chi connectivity index (χ2v) is 5.32. The van der Waals surface area contributed by atoms with Gasteiger partial charge in [-0.3, -0.25) is 4.68 Å². The molecule has 18 heavy (non-hydrogen) atoms. The average Bonchev–Trinajstić information content (AvgIpc) is 2.80. The summed E-state index contributed by atoms with van der Waals surface area (Å²) >= 11 is 3.48. The van der Waals surface area contributed by atoms with Crippen LogP contribution in [0.3, 0.4) is 0 Å². The van der Waals surface area contributed by atoms with Crippen LogP contribution in [0.2, 0.25) is 0 Å². The summed E-state index contributed by atoms with van der Waals surface area (Å²) in [5.74, 6) is 0. The number of aryl methyl sites for hydroxylation is 2. The van der Waals surface area contributed by atoms with Gasteiger partial charge in [0, 0.05) is 22.8 Å². The number of aliphatic hydroxyl groups excluding tert-OH is 1. The third kappa shape index (κ3) is 2.82. The molecule has 1 atom stereocenters. The van der Waals surface area contributed by atoms with Crippen molar-refractivity contribution in [1.29, 1.82) is 0 Å². The normalized spacial score (nSPS) is 12.7. The van der Waals surface area contributed by atoms with Gasteiger partial charge in [-0.1, -0.05) is 40.5 Å². The van der Waals surface area contributed by atoms with E-state index in [2.05, 4.69) is 28.0 Å². The summed E-state index contributed by atoms with van der Waals surface area (Å²) in [6.45, 7) is 5.00. The highest BCUT2D eigenvalue weighted by atomic mass is 79.9. The SMILES string of the molecule is CCCn1cc(C(O)c2cc(C)ccc2Br)cn1. The average molecular weight is 309 g/mol. The second kappa shape index (κ2) is 5.67. The smallest absolute Gasteiger partial charge is 0.108 e. The molecule has 0 fully saturated rings. The summed E-state index contributed by atoms with van der Waals surface area (Å²) in [7, 11) is 0. The molecule has 0 bridgehead atoms. The Balaban J connectivity index is 2.29. The minimum atomic E-state index is -0.634. The Hall–Kier alpha value is -1.13. The first kappa shape index (κ1) is 13.3. The maximum absolute atomic E-state index is 10.4. The highest BCUT2D eigenvalue weighted by Crippen LogP contribution is 2.29. The molecule has 0 aliphatic rings. The van der Waals surface area contributed by atoms with Crippen molar-refractivity contribution in [3.63, 3.8) is 0 Å². The van der Waals surface area contributed by atoms with Crippen molar-refractivity contribution < 1.29 is 5.11 Å². The van der Waals surface area contributed by atoms with Gasteiger partial charge in [-0.05, 0) is 25.0 Å². The van der Waals surface area contributed by atoms with Gasteiger partial charge in [0.05, 0.1) is 6.20 Å². The molecular weight excluding hydrogens is 292 g/mol. The molecule has 0 aliphatic carbocycles. The standard InChI is InChI=1S/C14H17BrN2O/c1-3-6-17-9-11(8-16-17)14(18)12-7-10(2)4-5-13(12)15/h4-5,7-9,14,18H,3,6H2,1-2H3. The Morgan fingerprint density at radius 1 is 1.44 bits per heavy atom. The van der Waals surface area contributed by atoms with Crippen LogP contribution in [0.4, 0.5) is 0 Å². The van der Waals surface area contributed by atoms with E-state index in [4.69, 9.17) is 0 Å². The van der Waals surface area contributed by atoms with Crippen LogP contribution in [-0.2, 0) is 6.54 Å². The molecule has 2 aromatic rings. The van der Waals surface area contributed by atoms with E-state index < -0.39 is 6.10 Å². The molecule has 0 aliphatic heterocycles. The molecule has 0 saturated carbocycles. The zero-order chi connectivity index (χ0) is 13.1. The van der Waals surface area contributed by atoms with E-state index in [9.17, 15) is 5.11 Å². The van der Waals surface area contributed by atoms with Crippen molar-refractivity contribution in [2.75, 3.05) is 0 Å². The number of aliphatic hydroxyl groups is 1. The lowest BCUT2D eigenvalue weighted by Crippen LogP contribution is -2.01. The van der Waals surface area contributed by atoms with Crippen molar-refractivity contribution >= 4 is 15.9 Å². The number of halogens is 1. The van der Waals surface area contributed by atoms with Crippen molar-refractivity contribution in [1.82, 2.24) is 9.78 Å². The third-order valence-corrected chi connectivity index (χ3v) is 3.59. The van der Waals surface area contributed by atoms with Gasteiger partial charge in [0.25, 0.3) is 0 Å². The fraction of sp³-hybridized carbons (Fsp3) is 0.357. The van der Waals surface area contributed by atoms with E-state index in [-0.39, 0.29) is 0 Å². The highest BCUT2D eigenvalue weighted by molar-refractivity contribution is 9.10. The molecular formula is C14H17BrN2O. The lowest BCUT2D eigenvalue weighted by Gasteiger charge is -2.12. The van der Waals surface area contributed by atoms with Crippen LogP contribution in [0.5, 0.6) is 0 Å². The lowest BCUT2D eigenvalue weighted by atomic mass is 10.0. The van der Waals surface area contributed by atoms with Gasteiger partial charge in [-0.2, -0.15) is 5.10 Å². The molecule has 3 nitrogen and oxygen atoms in total. The monoisotopic (exact) mass is 308 g/mol. The number of hydrogen-bond acceptors (Lipinski definition) is 2. The number of rotatable bonds is 4. The van der Waals surface area contributed by atoms with Gasteiger partial charge in [0.15, 0.2) is 0 Å². The third-order valence-electron chi connectivity index (χ3n) is 2.87. The quantitative estimate of drug-likeness (QED) is 0.939. The molecule has 1 aromatic heterocycles. The van der Waals surface area contributed by atoms with Crippen molar-refractivity contribution in [3.8, 4) is 0 Å². The van der Waals surface area contributed by atoms with Crippen LogP contribution in [0.25, 0.3) is 0 Å². The summed E-state index contributed by atoms with van der Waals surface area (Å²) in [6, 6.07) is 5.97. The van der Waals surface area contributed by atoms with Crippen LogP contribution in [-0.4, -0.2) is 14.9 Å². The molecule has 4 heteroatoms. The molecule has 1 heterocycles. The molecule has 1 unspecified atom stereocenters. The highest BCUT2D eigenvalue weighted by Gasteiger charge is 2.15. The van der Waals surface area contributed by atoms with E-state index in [1.807, 2.05) is 36.0 Å². The predicted molar refractivity (Wildman–Crippen MR) is 75.5 cm³/mol. The summed E-state index contributed by atoms with van der Waals surface area (Å²) in [4.78, 5) is 0. The minimum Gasteiger partial charge on any atom is -0.383 e. The fourth-order valence-corrected chi connectivity index (χ4v) is 2.39. The van der Waals surface area contributed by atoms with Gasteiger partial charge in [0.2, 0.25) is 0 Å². The minimum absolute atomic E-state index is 0.634. The maximum atomic E-state index is 10.4. The summed E-state index contributed by atoms with van der Waals surface area (Å²) in [5, 5.41) is 14.6. The van der Waals surface area contributed by atoms with E-state index in [0.29, 0.717) is 0 Å². The number of benzene rings is 1. The summed E-state index contributed by atoms with van der Waals surface area (Å²) < 4.78 is 2.78. The van der Waals surface area contributed by atoms with E-state index in [1.54, 1.807) is 6.20 Å². The first-order valence-corrected chi connectivity index (χ1v) is 6.87. The molecule has 0 spiro atoms. The van der Waals surface area contributed by atoms with Crippen molar-refractivity contribution in [3.05, 3.63) is 51.8 Å². The van der Waals surface area contributed by atoms with Gasteiger partial charge in [-0.25, -0.2) is 0 Å². The summed E-state index contributed by atoms with van der Waals surface area (Å²) in [6.07, 6.45) is 4.04. The van der Waals surface area contributed by atoms with Crippen molar-refractivity contribution in [2.45, 2.75) is 32.9 Å². The first-order chi connectivity index (χ1) is 8.61. The van der Waals surface area contributed by atoms with Gasteiger partial charge in [0.1, 0.15) is 6.10 Å². The Morgan fingerprint density at radius 2 is 2.22 bits per heavy atom. The molecule has 96 valence electrons. The number of aromatic nitrogens is 2. The molecule has 1 aromatic carbocycles. The fourth-order valence-electron chi connectivity index (χ4n) is 1.92. The topological polar surface area (TPSA) is 38.0 Å². The zero-order valence-electron chi connectivity index (χ0n) is 10.6. The zero-order valence-corrected chi connectivity index (χ0v) is 12.2.